The van der Waals surface area contributed by atoms with Gasteiger partial charge in [0.1, 0.15) is 11.7 Å². The van der Waals surface area contributed by atoms with E-state index in [4.69, 9.17) is 16.0 Å². The second kappa shape index (κ2) is 8.31. The highest BCUT2D eigenvalue weighted by molar-refractivity contribution is 6.33. The minimum Gasteiger partial charge on any atom is -0.472 e. The first-order chi connectivity index (χ1) is 16.1. The third kappa shape index (κ3) is 3.82. The van der Waals surface area contributed by atoms with Crippen LogP contribution >= 0.6 is 11.6 Å². The predicted molar refractivity (Wildman–Crippen MR) is 114 cm³/mol. The standard InChI is InChI=1S/C22H20ClF3N4O4/c23-19-18(21(33)28-5-6-29(17(32)10-28)15-2-1-3-16(15)31)27-20-14(22(24,25)26)8-13(9-30(19)20)12-4-7-34-11-12/h4,7-9,11,15-16,31H,1-3,5-6,10H2/t15-,16-/m1/s1. The van der Waals surface area contributed by atoms with Gasteiger partial charge in [-0.25, -0.2) is 4.98 Å². The average Bonchev–Trinajstić information content (AvgIpc) is 3.53. The van der Waals surface area contributed by atoms with Crippen molar-refractivity contribution in [2.75, 3.05) is 19.6 Å². The molecule has 2 atom stereocenters. The molecule has 1 N–H and O–H groups in total. The number of fused-ring (bicyclic) bond motifs is 1. The maximum absolute atomic E-state index is 13.8. The molecule has 3 aromatic rings. The van der Waals surface area contributed by atoms with Crippen LogP contribution in [-0.2, 0) is 11.0 Å². The lowest BCUT2D eigenvalue weighted by Crippen LogP contribution is -2.57. The highest BCUT2D eigenvalue weighted by atomic mass is 35.5. The van der Waals surface area contributed by atoms with Crippen molar-refractivity contribution in [3.63, 3.8) is 0 Å². The van der Waals surface area contributed by atoms with Gasteiger partial charge in [0.15, 0.2) is 11.3 Å². The fourth-order valence-electron chi connectivity index (χ4n) is 4.69. The molecule has 2 fully saturated rings. The zero-order chi connectivity index (χ0) is 24.2. The first kappa shape index (κ1) is 22.7. The van der Waals surface area contributed by atoms with Crippen molar-refractivity contribution in [1.82, 2.24) is 19.2 Å². The normalized spacial score (nSPS) is 21.6. The van der Waals surface area contributed by atoms with Gasteiger partial charge < -0.3 is 19.3 Å². The number of pyridine rings is 1. The Morgan fingerprint density at radius 1 is 1.24 bits per heavy atom. The Hall–Kier alpha value is -3.05. The van der Waals surface area contributed by atoms with Crippen molar-refractivity contribution in [2.45, 2.75) is 37.6 Å². The lowest BCUT2D eigenvalue weighted by Gasteiger charge is -2.38. The van der Waals surface area contributed by atoms with Crippen molar-refractivity contribution in [3.05, 3.63) is 47.3 Å². The van der Waals surface area contributed by atoms with Crippen LogP contribution in [0.15, 0.2) is 35.3 Å². The second-order valence-electron chi connectivity index (χ2n) is 8.48. The molecule has 3 aromatic heterocycles. The molecule has 12 heteroatoms. The Balaban J connectivity index is 1.48. The van der Waals surface area contributed by atoms with E-state index in [1.807, 2.05) is 0 Å². The van der Waals surface area contributed by atoms with Gasteiger partial charge in [-0.3, -0.25) is 14.0 Å². The van der Waals surface area contributed by atoms with Gasteiger partial charge in [-0.1, -0.05) is 11.6 Å². The molecule has 180 valence electrons. The number of aliphatic hydroxyl groups excluding tert-OH is 1. The summed E-state index contributed by atoms with van der Waals surface area (Å²) in [4.78, 5) is 32.6. The summed E-state index contributed by atoms with van der Waals surface area (Å²) in [5.41, 5.74) is -1.33. The molecule has 0 bridgehead atoms. The highest BCUT2D eigenvalue weighted by Gasteiger charge is 2.39. The summed E-state index contributed by atoms with van der Waals surface area (Å²) < 4.78 is 47.5. The summed E-state index contributed by atoms with van der Waals surface area (Å²) in [6.45, 7) is 0.110. The van der Waals surface area contributed by atoms with E-state index in [9.17, 15) is 27.9 Å². The molecular formula is C22H20ClF3N4O4. The number of nitrogens with zero attached hydrogens (tertiary/aromatic N) is 4. The number of carbonyl (C=O) groups excluding carboxylic acids is 2. The van der Waals surface area contributed by atoms with Gasteiger partial charge in [0.25, 0.3) is 5.91 Å². The zero-order valence-electron chi connectivity index (χ0n) is 17.8. The van der Waals surface area contributed by atoms with Crippen LogP contribution in [0.2, 0.25) is 5.15 Å². The van der Waals surface area contributed by atoms with Crippen molar-refractivity contribution < 1.29 is 32.3 Å². The number of amides is 2. The number of halogens is 4. The van der Waals surface area contributed by atoms with Crippen molar-refractivity contribution in [1.29, 1.82) is 0 Å². The van der Waals surface area contributed by atoms with Gasteiger partial charge in [0.2, 0.25) is 5.91 Å². The predicted octanol–water partition coefficient (Wildman–Crippen LogP) is 3.46. The molecule has 4 heterocycles. The van der Waals surface area contributed by atoms with Crippen LogP contribution in [0.25, 0.3) is 16.8 Å². The Morgan fingerprint density at radius 3 is 2.65 bits per heavy atom. The SMILES string of the molecule is O=C(c1nc2c(C(F)(F)F)cc(-c3ccoc3)cn2c1Cl)N1CCN([C@@H]2CCC[C@H]2O)C(=O)C1. The van der Waals surface area contributed by atoms with Crippen molar-refractivity contribution in [3.8, 4) is 11.1 Å². The Labute approximate surface area is 196 Å². The molecule has 1 saturated carbocycles. The molecule has 2 amide bonds. The lowest BCUT2D eigenvalue weighted by atomic mass is 10.1. The van der Waals surface area contributed by atoms with E-state index in [2.05, 4.69) is 4.98 Å². The van der Waals surface area contributed by atoms with Crippen LogP contribution in [-0.4, -0.2) is 67.9 Å². The molecule has 0 spiro atoms. The van der Waals surface area contributed by atoms with Crippen LogP contribution in [0, 0.1) is 0 Å². The topological polar surface area (TPSA) is 91.3 Å². The lowest BCUT2D eigenvalue weighted by molar-refractivity contribution is -0.139. The fraction of sp³-hybridized carbons (Fsp3) is 0.409. The third-order valence-electron chi connectivity index (χ3n) is 6.41. The molecule has 8 nitrogen and oxygen atoms in total. The van der Waals surface area contributed by atoms with Crippen LogP contribution in [0.5, 0.6) is 0 Å². The summed E-state index contributed by atoms with van der Waals surface area (Å²) >= 11 is 6.35. The molecule has 0 unspecified atom stereocenters. The smallest absolute Gasteiger partial charge is 0.420 e. The number of alkyl halides is 3. The quantitative estimate of drug-likeness (QED) is 0.599. The highest BCUT2D eigenvalue weighted by Crippen LogP contribution is 2.37. The number of hydrogen-bond acceptors (Lipinski definition) is 5. The number of imidazole rings is 1. The first-order valence-corrected chi connectivity index (χ1v) is 11.1. The van der Waals surface area contributed by atoms with E-state index < -0.39 is 29.4 Å². The van der Waals surface area contributed by atoms with E-state index in [0.29, 0.717) is 18.4 Å². The summed E-state index contributed by atoms with van der Waals surface area (Å²) in [5.74, 6) is -1.06. The molecule has 2 aliphatic rings. The summed E-state index contributed by atoms with van der Waals surface area (Å²) in [6, 6.07) is 2.15. The fourth-order valence-corrected chi connectivity index (χ4v) is 4.95. The van der Waals surface area contributed by atoms with E-state index in [-0.39, 0.29) is 48.0 Å². The van der Waals surface area contributed by atoms with E-state index in [0.717, 1.165) is 16.9 Å². The molecule has 1 saturated heterocycles. The molecule has 34 heavy (non-hydrogen) atoms. The Morgan fingerprint density at radius 2 is 2.03 bits per heavy atom. The molecule has 5 rings (SSSR count). The Kier molecular flexibility index (Phi) is 5.56. The van der Waals surface area contributed by atoms with Crippen LogP contribution in [0.3, 0.4) is 0 Å². The van der Waals surface area contributed by atoms with Gasteiger partial charge in [-0.05, 0) is 31.4 Å². The number of piperazine rings is 1. The molecule has 0 aromatic carbocycles. The van der Waals surface area contributed by atoms with Gasteiger partial charge in [-0.2, -0.15) is 13.2 Å². The number of aliphatic hydroxyl groups is 1. The summed E-state index contributed by atoms with van der Waals surface area (Å²) in [7, 11) is 0. The molecular weight excluding hydrogens is 477 g/mol. The Bertz CT molecular complexity index is 1260. The van der Waals surface area contributed by atoms with E-state index >= 15 is 0 Å². The molecule has 1 aliphatic heterocycles. The number of aromatic nitrogens is 2. The number of furan rings is 1. The van der Waals surface area contributed by atoms with Gasteiger partial charge >= 0.3 is 6.18 Å². The molecule has 0 radical (unpaired) electrons. The van der Waals surface area contributed by atoms with Gasteiger partial charge in [0.05, 0.1) is 30.2 Å². The molecule has 1 aliphatic carbocycles. The number of rotatable bonds is 3. The van der Waals surface area contributed by atoms with E-state index in [1.165, 1.54) is 29.7 Å². The second-order valence-corrected chi connectivity index (χ2v) is 8.83. The minimum absolute atomic E-state index is 0.157. The number of carbonyl (C=O) groups is 2. The van der Waals surface area contributed by atoms with Gasteiger partial charge in [-0.15, -0.1) is 0 Å². The van der Waals surface area contributed by atoms with Crippen LogP contribution < -0.4 is 0 Å². The van der Waals surface area contributed by atoms with Gasteiger partial charge in [0, 0.05) is 30.4 Å². The average molecular weight is 497 g/mol. The van der Waals surface area contributed by atoms with Crippen molar-refractivity contribution in [2.24, 2.45) is 0 Å². The van der Waals surface area contributed by atoms with E-state index in [1.54, 1.807) is 4.90 Å². The minimum atomic E-state index is -4.75. The summed E-state index contributed by atoms with van der Waals surface area (Å²) in [6.07, 6.45) is 0.769. The van der Waals surface area contributed by atoms with Crippen LogP contribution in [0.1, 0.15) is 35.3 Å². The summed E-state index contributed by atoms with van der Waals surface area (Å²) in [5, 5.41) is 9.83. The largest absolute Gasteiger partial charge is 0.472 e. The maximum atomic E-state index is 13.8. The third-order valence-corrected chi connectivity index (χ3v) is 6.77. The maximum Gasteiger partial charge on any atom is 0.420 e. The zero-order valence-corrected chi connectivity index (χ0v) is 18.5. The van der Waals surface area contributed by atoms with Crippen LogP contribution in [0.4, 0.5) is 13.2 Å². The van der Waals surface area contributed by atoms with Crippen molar-refractivity contribution >= 4 is 29.1 Å². The first-order valence-electron chi connectivity index (χ1n) is 10.7. The monoisotopic (exact) mass is 496 g/mol. The number of hydrogen-bond donors (Lipinski definition) is 1.